The van der Waals surface area contributed by atoms with E-state index < -0.39 is 0 Å². The summed E-state index contributed by atoms with van der Waals surface area (Å²) in [6.07, 6.45) is 5.39. The van der Waals surface area contributed by atoms with Crippen LogP contribution in [0.5, 0.6) is 17.2 Å². The number of carbonyl (C=O) groups is 1. The van der Waals surface area contributed by atoms with Gasteiger partial charge in [-0.3, -0.25) is 9.48 Å². The van der Waals surface area contributed by atoms with Gasteiger partial charge in [-0.05, 0) is 55.7 Å². The molecule has 2 aliphatic rings. The van der Waals surface area contributed by atoms with E-state index in [9.17, 15) is 4.79 Å². The van der Waals surface area contributed by atoms with Crippen molar-refractivity contribution in [1.82, 2.24) is 24.7 Å². The average molecular weight is 457 g/mol. The zero-order chi connectivity index (χ0) is 23.2. The standard InChI is InChI=1S/C25H24N6O3/c1-14-9-20(31(2)30-14)19-12-27-24(28-19)16-10-15-11-17(3-5-21(15)33-13-16)34-22-7-8-26-25-18(22)4-6-23(32)29-25/h3,5,7-9,11-12,16H,4,6,10,13H2,1-2H3,(H,27,28)(H,26,29,32)/t16-/m1/s1. The second kappa shape index (κ2) is 8.02. The molecule has 9 heteroatoms. The van der Waals surface area contributed by atoms with E-state index in [4.69, 9.17) is 14.5 Å². The third kappa shape index (κ3) is 3.68. The maximum absolute atomic E-state index is 11.7. The summed E-state index contributed by atoms with van der Waals surface area (Å²) in [6, 6.07) is 9.73. The average Bonchev–Trinajstić information content (AvgIpc) is 3.44. The number of aromatic nitrogens is 5. The quantitative estimate of drug-likeness (QED) is 0.482. The van der Waals surface area contributed by atoms with Crippen molar-refractivity contribution < 1.29 is 14.3 Å². The van der Waals surface area contributed by atoms with Gasteiger partial charge >= 0.3 is 0 Å². The van der Waals surface area contributed by atoms with Crippen LogP contribution >= 0.6 is 0 Å². The molecule has 0 saturated carbocycles. The number of fused-ring (bicyclic) bond motifs is 2. The fraction of sp³-hybridized carbons (Fsp3) is 0.280. The van der Waals surface area contributed by atoms with Gasteiger partial charge in [-0.1, -0.05) is 0 Å². The molecule has 2 aliphatic heterocycles. The number of aryl methyl sites for hydroxylation is 2. The number of nitrogens with zero attached hydrogens (tertiary/aromatic N) is 4. The van der Waals surface area contributed by atoms with Crippen molar-refractivity contribution in [2.75, 3.05) is 11.9 Å². The molecule has 1 aromatic carbocycles. The molecule has 172 valence electrons. The Balaban J connectivity index is 1.23. The highest BCUT2D eigenvalue weighted by Crippen LogP contribution is 2.37. The molecule has 4 aromatic rings. The van der Waals surface area contributed by atoms with Gasteiger partial charge in [-0.15, -0.1) is 0 Å². The fourth-order valence-corrected chi connectivity index (χ4v) is 4.62. The van der Waals surface area contributed by atoms with Crippen LogP contribution < -0.4 is 14.8 Å². The largest absolute Gasteiger partial charge is 0.493 e. The van der Waals surface area contributed by atoms with Crippen LogP contribution in [-0.2, 0) is 24.7 Å². The van der Waals surface area contributed by atoms with Crippen LogP contribution in [0.1, 0.15) is 35.0 Å². The highest BCUT2D eigenvalue weighted by molar-refractivity contribution is 5.93. The molecule has 0 saturated heterocycles. The molecule has 0 aliphatic carbocycles. The number of imidazole rings is 1. The Bertz CT molecular complexity index is 1410. The summed E-state index contributed by atoms with van der Waals surface area (Å²) < 4.78 is 14.1. The van der Waals surface area contributed by atoms with Gasteiger partial charge in [0.25, 0.3) is 0 Å². The molecule has 0 spiro atoms. The van der Waals surface area contributed by atoms with Gasteiger partial charge in [0.05, 0.1) is 23.9 Å². The number of benzene rings is 1. The van der Waals surface area contributed by atoms with E-state index in [2.05, 4.69) is 20.4 Å². The van der Waals surface area contributed by atoms with E-state index in [1.807, 2.05) is 55.2 Å². The monoisotopic (exact) mass is 456 g/mol. The van der Waals surface area contributed by atoms with Crippen LogP contribution in [-0.4, -0.2) is 37.2 Å². The Labute approximate surface area is 196 Å². The zero-order valence-corrected chi connectivity index (χ0v) is 19.0. The van der Waals surface area contributed by atoms with Gasteiger partial charge in [-0.25, -0.2) is 9.97 Å². The third-order valence-corrected chi connectivity index (χ3v) is 6.29. The molecule has 0 unspecified atom stereocenters. The molecule has 0 radical (unpaired) electrons. The summed E-state index contributed by atoms with van der Waals surface area (Å²) in [5.74, 6) is 3.85. The molecule has 6 rings (SSSR count). The molecule has 9 nitrogen and oxygen atoms in total. The first kappa shape index (κ1) is 20.5. The first-order valence-corrected chi connectivity index (χ1v) is 11.3. The number of anilines is 1. The Morgan fingerprint density at radius 3 is 2.97 bits per heavy atom. The van der Waals surface area contributed by atoms with Gasteiger partial charge in [0.2, 0.25) is 5.91 Å². The number of aromatic amines is 1. The molecule has 0 bridgehead atoms. The second-order valence-corrected chi connectivity index (χ2v) is 8.73. The molecule has 34 heavy (non-hydrogen) atoms. The number of hydrogen-bond acceptors (Lipinski definition) is 6. The molecule has 1 atom stereocenters. The van der Waals surface area contributed by atoms with Crippen molar-refractivity contribution in [2.45, 2.75) is 32.1 Å². The maximum Gasteiger partial charge on any atom is 0.225 e. The summed E-state index contributed by atoms with van der Waals surface area (Å²) in [6.45, 7) is 2.53. The SMILES string of the molecule is Cc1cc(-c2c[nH]c([C@H]3COc4ccc(Oc5ccnc6c5CCC(=O)N6)cc4C3)n2)n(C)n1. The van der Waals surface area contributed by atoms with Crippen molar-refractivity contribution >= 4 is 11.7 Å². The van der Waals surface area contributed by atoms with Crippen LogP contribution in [0.2, 0.25) is 0 Å². The molecule has 5 heterocycles. The first-order valence-electron chi connectivity index (χ1n) is 11.3. The van der Waals surface area contributed by atoms with Crippen LogP contribution in [0, 0.1) is 6.92 Å². The van der Waals surface area contributed by atoms with E-state index in [-0.39, 0.29) is 11.8 Å². The van der Waals surface area contributed by atoms with Gasteiger partial charge in [-0.2, -0.15) is 5.10 Å². The number of H-pyrrole nitrogens is 1. The number of nitrogens with one attached hydrogen (secondary N) is 2. The lowest BCUT2D eigenvalue weighted by molar-refractivity contribution is -0.116. The van der Waals surface area contributed by atoms with Crippen LogP contribution in [0.3, 0.4) is 0 Å². The topological polar surface area (TPSA) is 107 Å². The smallest absolute Gasteiger partial charge is 0.225 e. The third-order valence-electron chi connectivity index (χ3n) is 6.29. The Kier molecular flexibility index (Phi) is 4.83. The van der Waals surface area contributed by atoms with Crippen molar-refractivity contribution in [3.05, 3.63) is 65.4 Å². The van der Waals surface area contributed by atoms with Crippen LogP contribution in [0.4, 0.5) is 5.82 Å². The van der Waals surface area contributed by atoms with Gasteiger partial charge in [0, 0.05) is 31.4 Å². The summed E-state index contributed by atoms with van der Waals surface area (Å²) in [7, 11) is 1.92. The molecule has 2 N–H and O–H groups in total. The predicted octanol–water partition coefficient (Wildman–Crippen LogP) is 3.91. The molecule has 0 fully saturated rings. The molecular formula is C25H24N6O3. The van der Waals surface area contributed by atoms with Crippen molar-refractivity contribution in [2.24, 2.45) is 7.05 Å². The Morgan fingerprint density at radius 1 is 1.21 bits per heavy atom. The lowest BCUT2D eigenvalue weighted by Crippen LogP contribution is -2.20. The summed E-state index contributed by atoms with van der Waals surface area (Å²) >= 11 is 0. The number of rotatable bonds is 4. The summed E-state index contributed by atoms with van der Waals surface area (Å²) in [5, 5.41) is 7.23. The predicted molar refractivity (Wildman–Crippen MR) is 125 cm³/mol. The minimum Gasteiger partial charge on any atom is -0.493 e. The van der Waals surface area contributed by atoms with Crippen molar-refractivity contribution in [3.8, 4) is 28.6 Å². The van der Waals surface area contributed by atoms with E-state index in [1.165, 1.54) is 0 Å². The first-order chi connectivity index (χ1) is 16.5. The lowest BCUT2D eigenvalue weighted by atomic mass is 9.96. The van der Waals surface area contributed by atoms with Gasteiger partial charge in [0.15, 0.2) is 0 Å². The molecular weight excluding hydrogens is 432 g/mol. The maximum atomic E-state index is 11.7. The number of amides is 1. The second-order valence-electron chi connectivity index (χ2n) is 8.73. The number of pyridine rings is 1. The number of hydrogen-bond donors (Lipinski definition) is 2. The van der Waals surface area contributed by atoms with Crippen LogP contribution in [0.25, 0.3) is 11.4 Å². The van der Waals surface area contributed by atoms with E-state index in [0.29, 0.717) is 31.0 Å². The molecule has 3 aromatic heterocycles. The van der Waals surface area contributed by atoms with Crippen molar-refractivity contribution in [3.63, 3.8) is 0 Å². The van der Waals surface area contributed by atoms with E-state index in [0.717, 1.165) is 52.0 Å². The van der Waals surface area contributed by atoms with Crippen LogP contribution in [0.15, 0.2) is 42.7 Å². The minimum absolute atomic E-state index is 0.0197. The Morgan fingerprint density at radius 2 is 2.12 bits per heavy atom. The van der Waals surface area contributed by atoms with E-state index in [1.54, 1.807) is 6.20 Å². The van der Waals surface area contributed by atoms with E-state index >= 15 is 0 Å². The highest BCUT2D eigenvalue weighted by Gasteiger charge is 2.26. The fourth-order valence-electron chi connectivity index (χ4n) is 4.62. The zero-order valence-electron chi connectivity index (χ0n) is 19.0. The highest BCUT2D eigenvalue weighted by atomic mass is 16.5. The lowest BCUT2D eigenvalue weighted by Gasteiger charge is -2.25. The van der Waals surface area contributed by atoms with Crippen molar-refractivity contribution in [1.29, 1.82) is 0 Å². The normalized spacial score (nSPS) is 16.9. The number of ether oxygens (including phenoxy) is 2. The summed E-state index contributed by atoms with van der Waals surface area (Å²) in [5.41, 5.74) is 4.80. The summed E-state index contributed by atoms with van der Waals surface area (Å²) in [4.78, 5) is 24.1. The van der Waals surface area contributed by atoms with Gasteiger partial charge in [0.1, 0.15) is 34.6 Å². The minimum atomic E-state index is -0.0197. The Hall–Kier alpha value is -4.14. The molecule has 1 amide bonds. The van der Waals surface area contributed by atoms with Gasteiger partial charge < -0.3 is 19.8 Å². The number of carbonyl (C=O) groups excluding carboxylic acids is 1.